The van der Waals surface area contributed by atoms with E-state index < -0.39 is 30.0 Å². The Kier molecular flexibility index (Phi) is 2.27. The largest absolute Gasteiger partial charge is 0.464 e. The van der Waals surface area contributed by atoms with E-state index >= 15 is 0 Å². The number of halogens is 6. The third kappa shape index (κ3) is 1.23. The fraction of sp³-hybridized carbons (Fsp3) is 0.714. The molecule has 0 aromatic heterocycles. The molecule has 1 aliphatic rings. The quantitative estimate of drug-likeness (QED) is 0.452. The standard InChI is InChI=1S/C7H6F6O2/c1-2-15-5(14)3-4(8,6(5,9)10)7(11,12)13/h2,14H,1,3H2. The third-order valence-corrected chi connectivity index (χ3v) is 2.20. The molecule has 1 saturated carbocycles. The molecule has 2 nitrogen and oxygen atoms in total. The molecule has 0 saturated heterocycles. The molecular weight excluding hydrogens is 230 g/mol. The molecule has 0 aliphatic heterocycles. The molecule has 15 heavy (non-hydrogen) atoms. The van der Waals surface area contributed by atoms with Gasteiger partial charge in [-0.05, 0) is 0 Å². The van der Waals surface area contributed by atoms with Crippen molar-refractivity contribution in [1.82, 2.24) is 0 Å². The molecule has 0 spiro atoms. The van der Waals surface area contributed by atoms with Crippen molar-refractivity contribution in [2.45, 2.75) is 30.0 Å². The van der Waals surface area contributed by atoms with Gasteiger partial charge in [0.25, 0.3) is 11.5 Å². The lowest BCUT2D eigenvalue weighted by atomic mass is 9.71. The molecule has 8 heteroatoms. The molecule has 0 aromatic rings. The maximum Gasteiger partial charge on any atom is 0.429 e. The van der Waals surface area contributed by atoms with E-state index in [-0.39, 0.29) is 0 Å². The van der Waals surface area contributed by atoms with Crippen LogP contribution in [0, 0.1) is 0 Å². The summed E-state index contributed by atoms with van der Waals surface area (Å²) < 4.78 is 78.0. The highest BCUT2D eigenvalue weighted by Gasteiger charge is 2.89. The van der Waals surface area contributed by atoms with Crippen molar-refractivity contribution >= 4 is 0 Å². The Morgan fingerprint density at radius 1 is 1.27 bits per heavy atom. The van der Waals surface area contributed by atoms with Gasteiger partial charge in [-0.1, -0.05) is 6.58 Å². The molecule has 2 atom stereocenters. The van der Waals surface area contributed by atoms with E-state index in [1.807, 2.05) is 0 Å². The summed E-state index contributed by atoms with van der Waals surface area (Å²) in [6, 6.07) is 0. The Bertz CT molecular complexity index is 288. The van der Waals surface area contributed by atoms with Gasteiger partial charge in [-0.25, -0.2) is 4.39 Å². The van der Waals surface area contributed by atoms with Crippen molar-refractivity contribution in [3.63, 3.8) is 0 Å². The van der Waals surface area contributed by atoms with Crippen molar-refractivity contribution < 1.29 is 36.2 Å². The van der Waals surface area contributed by atoms with Gasteiger partial charge in [0, 0.05) is 0 Å². The van der Waals surface area contributed by atoms with Crippen LogP contribution in [0.5, 0.6) is 0 Å². The zero-order chi connectivity index (χ0) is 12.1. The second kappa shape index (κ2) is 2.81. The Hall–Kier alpha value is -0.920. The topological polar surface area (TPSA) is 29.5 Å². The highest BCUT2D eigenvalue weighted by atomic mass is 19.4. The predicted octanol–water partition coefficient (Wildman–Crippen LogP) is 2.14. The summed E-state index contributed by atoms with van der Waals surface area (Å²) in [6.07, 6.45) is -7.33. The van der Waals surface area contributed by atoms with Crippen LogP contribution >= 0.6 is 0 Å². The van der Waals surface area contributed by atoms with Crippen LogP contribution in [0.3, 0.4) is 0 Å². The summed E-state index contributed by atoms with van der Waals surface area (Å²) in [5.41, 5.74) is -4.77. The molecule has 1 aliphatic carbocycles. The van der Waals surface area contributed by atoms with E-state index in [1.165, 1.54) is 0 Å². The average molecular weight is 236 g/mol. The van der Waals surface area contributed by atoms with Crippen molar-refractivity contribution in [2.24, 2.45) is 0 Å². The first-order valence-corrected chi connectivity index (χ1v) is 3.66. The summed E-state index contributed by atoms with van der Waals surface area (Å²) in [6.45, 7) is 2.78. The fourth-order valence-electron chi connectivity index (χ4n) is 1.29. The maximum absolute atomic E-state index is 12.9. The minimum atomic E-state index is -5.77. The van der Waals surface area contributed by atoms with Crippen molar-refractivity contribution in [3.05, 3.63) is 12.8 Å². The van der Waals surface area contributed by atoms with E-state index in [1.54, 1.807) is 0 Å². The van der Waals surface area contributed by atoms with Crippen molar-refractivity contribution in [2.75, 3.05) is 0 Å². The fourth-order valence-corrected chi connectivity index (χ4v) is 1.29. The van der Waals surface area contributed by atoms with Gasteiger partial charge in [0.15, 0.2) is 0 Å². The molecule has 0 aromatic carbocycles. The minimum Gasteiger partial charge on any atom is -0.464 e. The van der Waals surface area contributed by atoms with Gasteiger partial charge in [-0.15, -0.1) is 0 Å². The lowest BCUT2D eigenvalue weighted by Gasteiger charge is -2.53. The second-order valence-electron chi connectivity index (χ2n) is 3.12. The zero-order valence-electron chi connectivity index (χ0n) is 7.11. The Morgan fingerprint density at radius 2 is 1.73 bits per heavy atom. The van der Waals surface area contributed by atoms with Crippen LogP contribution in [0.25, 0.3) is 0 Å². The summed E-state index contributed by atoms with van der Waals surface area (Å²) >= 11 is 0. The number of hydrogen-bond donors (Lipinski definition) is 1. The lowest BCUT2D eigenvalue weighted by molar-refractivity contribution is -0.464. The van der Waals surface area contributed by atoms with Gasteiger partial charge in [-0.2, -0.15) is 22.0 Å². The van der Waals surface area contributed by atoms with Crippen LogP contribution < -0.4 is 0 Å². The smallest absolute Gasteiger partial charge is 0.429 e. The lowest BCUT2D eigenvalue weighted by Crippen LogP contribution is -2.78. The van der Waals surface area contributed by atoms with Crippen LogP contribution in [0.4, 0.5) is 26.3 Å². The van der Waals surface area contributed by atoms with E-state index in [4.69, 9.17) is 5.11 Å². The number of alkyl halides is 6. The van der Waals surface area contributed by atoms with Crippen LogP contribution in [-0.2, 0) is 4.74 Å². The first-order chi connectivity index (χ1) is 6.52. The van der Waals surface area contributed by atoms with Crippen LogP contribution in [0.1, 0.15) is 6.42 Å². The Balaban J connectivity index is 3.02. The van der Waals surface area contributed by atoms with Gasteiger partial charge in [0.1, 0.15) is 0 Å². The van der Waals surface area contributed by atoms with Crippen LogP contribution in [0.15, 0.2) is 12.8 Å². The highest BCUT2D eigenvalue weighted by molar-refractivity contribution is 5.19. The molecule has 0 heterocycles. The monoisotopic (exact) mass is 236 g/mol. The molecule has 1 N–H and O–H groups in total. The zero-order valence-corrected chi connectivity index (χ0v) is 7.11. The summed E-state index contributed by atoms with van der Waals surface area (Å²) in [5, 5.41) is 8.85. The number of ether oxygens (including phenoxy) is 1. The van der Waals surface area contributed by atoms with E-state index in [9.17, 15) is 26.3 Å². The molecule has 88 valence electrons. The van der Waals surface area contributed by atoms with Crippen molar-refractivity contribution in [1.29, 1.82) is 0 Å². The Morgan fingerprint density at radius 3 is 2.00 bits per heavy atom. The summed E-state index contributed by atoms with van der Waals surface area (Å²) in [7, 11) is 0. The van der Waals surface area contributed by atoms with Crippen molar-refractivity contribution in [3.8, 4) is 0 Å². The van der Waals surface area contributed by atoms with Gasteiger partial charge in [0.05, 0.1) is 12.7 Å². The molecule has 1 fully saturated rings. The average Bonchev–Trinajstić information content (AvgIpc) is 2.02. The third-order valence-electron chi connectivity index (χ3n) is 2.20. The van der Waals surface area contributed by atoms with Gasteiger partial charge < -0.3 is 9.84 Å². The normalized spacial score (nSPS) is 39.4. The van der Waals surface area contributed by atoms with E-state index in [0.717, 1.165) is 0 Å². The molecule has 0 bridgehead atoms. The number of aliphatic hydroxyl groups is 1. The van der Waals surface area contributed by atoms with Crippen LogP contribution in [0.2, 0.25) is 0 Å². The maximum atomic E-state index is 12.9. The number of hydrogen-bond acceptors (Lipinski definition) is 2. The summed E-state index contributed by atoms with van der Waals surface area (Å²) in [4.78, 5) is 0. The molecule has 0 radical (unpaired) electrons. The SMILES string of the molecule is C=COC1(O)CC(F)(C(F)(F)F)C1(F)F. The Labute approximate surface area is 80.1 Å². The molecule has 1 rings (SSSR count). The second-order valence-corrected chi connectivity index (χ2v) is 3.12. The van der Waals surface area contributed by atoms with E-state index in [2.05, 4.69) is 11.3 Å². The first-order valence-electron chi connectivity index (χ1n) is 3.66. The predicted molar refractivity (Wildman–Crippen MR) is 35.7 cm³/mol. The molecule has 2 unspecified atom stereocenters. The molecular formula is C7H6F6O2. The first kappa shape index (κ1) is 12.2. The highest BCUT2D eigenvalue weighted by Crippen LogP contribution is 2.63. The van der Waals surface area contributed by atoms with Gasteiger partial charge >= 0.3 is 12.1 Å². The van der Waals surface area contributed by atoms with Gasteiger partial charge in [-0.3, -0.25) is 0 Å². The van der Waals surface area contributed by atoms with Crippen LogP contribution in [-0.4, -0.2) is 28.7 Å². The number of rotatable bonds is 2. The van der Waals surface area contributed by atoms with Gasteiger partial charge in [0.2, 0.25) is 0 Å². The summed E-state index contributed by atoms with van der Waals surface area (Å²) in [5.74, 6) is -8.55. The minimum absolute atomic E-state index is 0.323. The van der Waals surface area contributed by atoms with E-state index in [0.29, 0.717) is 6.26 Å². The molecule has 0 amide bonds.